The van der Waals surface area contributed by atoms with Crippen molar-refractivity contribution in [3.05, 3.63) is 75.4 Å². The summed E-state index contributed by atoms with van der Waals surface area (Å²) < 4.78 is 7.71. The number of para-hydroxylation sites is 2. The first kappa shape index (κ1) is 18.3. The van der Waals surface area contributed by atoms with Gasteiger partial charge in [0.05, 0.1) is 5.69 Å². The first-order valence-corrected chi connectivity index (χ1v) is 10.9. The van der Waals surface area contributed by atoms with Gasteiger partial charge in [0.2, 0.25) is 0 Å². The smallest absolute Gasteiger partial charge is 0.291 e. The van der Waals surface area contributed by atoms with Crippen LogP contribution in [-0.2, 0) is 5.75 Å². The van der Waals surface area contributed by atoms with Gasteiger partial charge >= 0.3 is 0 Å². The van der Waals surface area contributed by atoms with Gasteiger partial charge < -0.3 is 9.73 Å². The van der Waals surface area contributed by atoms with Crippen LogP contribution in [0.25, 0.3) is 11.0 Å². The number of hydrogen-bond acceptors (Lipinski definition) is 5. The number of rotatable bonds is 5. The summed E-state index contributed by atoms with van der Waals surface area (Å²) in [6, 6.07) is 15.2. The summed E-state index contributed by atoms with van der Waals surface area (Å²) >= 11 is 6.68. The van der Waals surface area contributed by atoms with Crippen molar-refractivity contribution in [2.45, 2.75) is 17.0 Å². The number of aromatic nitrogens is 1. The summed E-state index contributed by atoms with van der Waals surface area (Å²) in [6.45, 7) is 1.98. The number of furan rings is 1. The average molecular weight is 459 g/mol. The molecule has 0 saturated carbocycles. The van der Waals surface area contributed by atoms with E-state index in [1.807, 2.05) is 60.8 Å². The Balaban J connectivity index is 1.66. The van der Waals surface area contributed by atoms with E-state index in [0.29, 0.717) is 22.8 Å². The normalized spacial score (nSPS) is 11.0. The number of carbonyl (C=O) groups is 1. The zero-order valence-electron chi connectivity index (χ0n) is 14.4. The van der Waals surface area contributed by atoms with Crippen LogP contribution >= 0.6 is 39.0 Å². The second-order valence-electron chi connectivity index (χ2n) is 5.88. The average Bonchev–Trinajstić information content (AvgIpc) is 3.25. The summed E-state index contributed by atoms with van der Waals surface area (Å²) in [6.07, 6.45) is 0. The van der Waals surface area contributed by atoms with E-state index >= 15 is 0 Å². The quantitative estimate of drug-likeness (QED) is 0.346. The minimum Gasteiger partial charge on any atom is -0.451 e. The van der Waals surface area contributed by atoms with Crippen molar-refractivity contribution in [1.29, 1.82) is 0 Å². The van der Waals surface area contributed by atoms with Gasteiger partial charge in [-0.1, -0.05) is 42.1 Å². The zero-order chi connectivity index (χ0) is 18.8. The van der Waals surface area contributed by atoms with Crippen LogP contribution in [0.2, 0.25) is 0 Å². The standard InChI is InChI=1S/C20H15BrN2O2S2/c1-12-10-26-20(22-12)27-11-14-13-6-2-5-9-17(13)25-18(14)19(24)23-16-8-4-3-7-15(16)21/h2-10H,11H2,1H3,(H,23,24). The summed E-state index contributed by atoms with van der Waals surface area (Å²) in [5, 5.41) is 5.91. The Bertz CT molecular complexity index is 1120. The Kier molecular flexibility index (Phi) is 5.33. The molecule has 0 fully saturated rings. The van der Waals surface area contributed by atoms with Crippen LogP contribution < -0.4 is 5.32 Å². The molecule has 4 aromatic rings. The number of thioether (sulfide) groups is 1. The summed E-state index contributed by atoms with van der Waals surface area (Å²) in [5.74, 6) is 0.694. The molecule has 136 valence electrons. The molecule has 0 aliphatic rings. The predicted molar refractivity (Wildman–Crippen MR) is 115 cm³/mol. The Morgan fingerprint density at radius 1 is 1.22 bits per heavy atom. The number of aryl methyl sites for hydroxylation is 1. The van der Waals surface area contributed by atoms with Gasteiger partial charge in [-0.15, -0.1) is 11.3 Å². The van der Waals surface area contributed by atoms with Crippen LogP contribution in [0.1, 0.15) is 21.8 Å². The molecule has 4 nitrogen and oxygen atoms in total. The van der Waals surface area contributed by atoms with E-state index in [4.69, 9.17) is 4.42 Å². The molecule has 0 radical (unpaired) electrons. The number of amides is 1. The third-order valence-electron chi connectivity index (χ3n) is 3.96. The molecule has 7 heteroatoms. The lowest BCUT2D eigenvalue weighted by atomic mass is 10.1. The van der Waals surface area contributed by atoms with Gasteiger partial charge in [0.25, 0.3) is 5.91 Å². The number of thiazole rings is 1. The first-order chi connectivity index (χ1) is 13.1. The maximum absolute atomic E-state index is 12.9. The Hall–Kier alpha value is -2.09. The van der Waals surface area contributed by atoms with Gasteiger partial charge in [-0.2, -0.15) is 0 Å². The molecular weight excluding hydrogens is 444 g/mol. The summed E-state index contributed by atoms with van der Waals surface area (Å²) in [7, 11) is 0. The fourth-order valence-electron chi connectivity index (χ4n) is 2.70. The van der Waals surface area contributed by atoms with Crippen molar-refractivity contribution in [2.75, 3.05) is 5.32 Å². The number of carbonyl (C=O) groups excluding carboxylic acids is 1. The molecule has 4 rings (SSSR count). The monoisotopic (exact) mass is 458 g/mol. The SMILES string of the molecule is Cc1csc(SCc2c(C(=O)Nc3ccccc3Br)oc3ccccc23)n1. The second-order valence-corrected chi connectivity index (χ2v) is 8.82. The molecule has 27 heavy (non-hydrogen) atoms. The third kappa shape index (κ3) is 3.95. The van der Waals surface area contributed by atoms with E-state index in [-0.39, 0.29) is 5.91 Å². The van der Waals surface area contributed by atoms with Crippen LogP contribution in [0.15, 0.2) is 67.1 Å². The Morgan fingerprint density at radius 3 is 2.78 bits per heavy atom. The number of fused-ring (bicyclic) bond motifs is 1. The highest BCUT2D eigenvalue weighted by Gasteiger charge is 2.21. The number of benzene rings is 2. The predicted octanol–water partition coefficient (Wildman–Crippen LogP) is 6.50. The number of nitrogens with zero attached hydrogens (tertiary/aromatic N) is 1. The van der Waals surface area contributed by atoms with Gasteiger partial charge in [-0.25, -0.2) is 4.98 Å². The van der Waals surface area contributed by atoms with Crippen molar-refractivity contribution in [3.63, 3.8) is 0 Å². The van der Waals surface area contributed by atoms with E-state index in [0.717, 1.165) is 25.5 Å². The molecular formula is C20H15BrN2O2S2. The maximum Gasteiger partial charge on any atom is 0.291 e. The van der Waals surface area contributed by atoms with E-state index in [1.165, 1.54) is 0 Å². The number of halogens is 1. The first-order valence-electron chi connectivity index (χ1n) is 8.23. The minimum absolute atomic E-state index is 0.260. The Morgan fingerprint density at radius 2 is 2.00 bits per heavy atom. The summed E-state index contributed by atoms with van der Waals surface area (Å²) in [5.41, 5.74) is 3.30. The molecule has 2 aromatic heterocycles. The molecule has 0 bridgehead atoms. The third-order valence-corrected chi connectivity index (χ3v) is 6.82. The van der Waals surface area contributed by atoms with Gasteiger partial charge in [0, 0.05) is 32.2 Å². The van der Waals surface area contributed by atoms with Gasteiger partial charge in [0.1, 0.15) is 9.92 Å². The maximum atomic E-state index is 12.9. The second kappa shape index (κ2) is 7.88. The highest BCUT2D eigenvalue weighted by atomic mass is 79.9. The van der Waals surface area contributed by atoms with Crippen LogP contribution in [0.3, 0.4) is 0 Å². The fourth-order valence-corrected chi connectivity index (χ4v) is 4.96. The molecule has 0 saturated heterocycles. The van der Waals surface area contributed by atoms with E-state index in [2.05, 4.69) is 26.2 Å². The van der Waals surface area contributed by atoms with Gasteiger partial charge in [-0.05, 0) is 41.1 Å². The molecule has 0 spiro atoms. The minimum atomic E-state index is -0.260. The number of hydrogen-bond donors (Lipinski definition) is 1. The van der Waals surface area contributed by atoms with Crippen LogP contribution in [-0.4, -0.2) is 10.9 Å². The largest absolute Gasteiger partial charge is 0.451 e. The number of nitrogens with one attached hydrogen (secondary N) is 1. The van der Waals surface area contributed by atoms with E-state index < -0.39 is 0 Å². The van der Waals surface area contributed by atoms with Gasteiger partial charge in [-0.3, -0.25) is 4.79 Å². The van der Waals surface area contributed by atoms with Crippen LogP contribution in [0, 0.1) is 6.92 Å². The molecule has 1 N–H and O–H groups in total. The molecule has 0 aliphatic heterocycles. The summed E-state index contributed by atoms with van der Waals surface area (Å²) in [4.78, 5) is 17.4. The topological polar surface area (TPSA) is 55.1 Å². The van der Waals surface area contributed by atoms with Crippen molar-refractivity contribution in [3.8, 4) is 0 Å². The highest BCUT2D eigenvalue weighted by molar-refractivity contribution is 9.10. The molecule has 1 amide bonds. The van der Waals surface area contributed by atoms with Crippen molar-refractivity contribution >= 4 is 61.6 Å². The van der Waals surface area contributed by atoms with E-state index in [1.54, 1.807) is 23.1 Å². The Labute approximate surface area is 173 Å². The molecule has 0 atom stereocenters. The van der Waals surface area contributed by atoms with Crippen LogP contribution in [0.4, 0.5) is 5.69 Å². The molecule has 0 unspecified atom stereocenters. The number of anilines is 1. The molecule has 2 aromatic carbocycles. The molecule has 0 aliphatic carbocycles. The van der Waals surface area contributed by atoms with Crippen molar-refractivity contribution < 1.29 is 9.21 Å². The lowest BCUT2D eigenvalue weighted by Gasteiger charge is -2.07. The van der Waals surface area contributed by atoms with Gasteiger partial charge in [0.15, 0.2) is 5.76 Å². The lowest BCUT2D eigenvalue weighted by molar-refractivity contribution is 0.0997. The van der Waals surface area contributed by atoms with Crippen molar-refractivity contribution in [1.82, 2.24) is 4.98 Å². The fraction of sp³-hybridized carbons (Fsp3) is 0.100. The zero-order valence-corrected chi connectivity index (χ0v) is 17.6. The van der Waals surface area contributed by atoms with Crippen molar-refractivity contribution in [2.24, 2.45) is 0 Å². The molecule has 2 heterocycles. The van der Waals surface area contributed by atoms with E-state index in [9.17, 15) is 4.79 Å². The lowest BCUT2D eigenvalue weighted by Crippen LogP contribution is -2.13. The highest BCUT2D eigenvalue weighted by Crippen LogP contribution is 2.34. The van der Waals surface area contributed by atoms with Crippen LogP contribution in [0.5, 0.6) is 0 Å².